The van der Waals surface area contributed by atoms with Crippen LogP contribution in [0.15, 0.2) is 42.7 Å². The summed E-state index contributed by atoms with van der Waals surface area (Å²) in [5.74, 6) is 0.499. The maximum absolute atomic E-state index is 6.12. The summed E-state index contributed by atoms with van der Waals surface area (Å²) in [7, 11) is 0. The number of nitrogens with one attached hydrogen (secondary N) is 1. The normalized spacial score (nSPS) is 18.7. The van der Waals surface area contributed by atoms with Gasteiger partial charge in [0.15, 0.2) is 0 Å². The highest BCUT2D eigenvalue weighted by Gasteiger charge is 2.17. The van der Waals surface area contributed by atoms with Crippen LogP contribution in [0, 0.1) is 0 Å². The second-order valence-corrected chi connectivity index (χ2v) is 6.16. The number of fused-ring (bicyclic) bond motifs is 1. The van der Waals surface area contributed by atoms with Crippen LogP contribution in [0.2, 0.25) is 5.02 Å². The molecule has 0 amide bonds. The summed E-state index contributed by atoms with van der Waals surface area (Å²) >= 11 is 6.12. The zero-order chi connectivity index (χ0) is 14.9. The van der Waals surface area contributed by atoms with E-state index < -0.39 is 0 Å². The van der Waals surface area contributed by atoms with Crippen molar-refractivity contribution in [1.82, 2.24) is 19.9 Å². The molecule has 4 nitrogen and oxygen atoms in total. The lowest BCUT2D eigenvalue weighted by molar-refractivity contribution is 0.455. The highest BCUT2D eigenvalue weighted by Crippen LogP contribution is 2.28. The second kappa shape index (κ2) is 5.71. The number of piperidine rings is 1. The van der Waals surface area contributed by atoms with Gasteiger partial charge in [-0.15, -0.1) is 0 Å². The van der Waals surface area contributed by atoms with Crippen LogP contribution >= 0.6 is 11.6 Å². The predicted octanol–water partition coefficient (Wildman–Crippen LogP) is 3.52. The maximum Gasteiger partial charge on any atom is 0.0770 e. The van der Waals surface area contributed by atoms with Crippen molar-refractivity contribution < 1.29 is 0 Å². The van der Waals surface area contributed by atoms with Gasteiger partial charge >= 0.3 is 0 Å². The van der Waals surface area contributed by atoms with Crippen molar-refractivity contribution >= 4 is 17.1 Å². The number of hydrogen-bond acceptors (Lipinski definition) is 3. The SMILES string of the molecule is Clc1ccn2ncc(-c3cccc(C4CCCNC4)n3)c2c1. The molecular formula is C17H17ClN4. The maximum atomic E-state index is 6.12. The Hall–Kier alpha value is -1.91. The smallest absolute Gasteiger partial charge is 0.0770 e. The van der Waals surface area contributed by atoms with Gasteiger partial charge in [0.1, 0.15) is 0 Å². The van der Waals surface area contributed by atoms with Crippen molar-refractivity contribution in [2.24, 2.45) is 0 Å². The van der Waals surface area contributed by atoms with E-state index in [2.05, 4.69) is 22.5 Å². The number of nitrogens with zero attached hydrogens (tertiary/aromatic N) is 3. The van der Waals surface area contributed by atoms with Crippen LogP contribution in [0.25, 0.3) is 16.8 Å². The van der Waals surface area contributed by atoms with Gasteiger partial charge in [0.2, 0.25) is 0 Å². The van der Waals surface area contributed by atoms with Gasteiger partial charge < -0.3 is 5.32 Å². The zero-order valence-corrected chi connectivity index (χ0v) is 12.9. The van der Waals surface area contributed by atoms with Crippen LogP contribution in [0.5, 0.6) is 0 Å². The first kappa shape index (κ1) is 13.7. The molecule has 0 aliphatic carbocycles. The molecule has 0 aromatic carbocycles. The molecule has 5 heteroatoms. The molecule has 0 saturated carbocycles. The first-order valence-corrected chi connectivity index (χ1v) is 8.00. The number of aromatic nitrogens is 3. The molecule has 0 bridgehead atoms. The molecule has 1 aliphatic rings. The number of pyridine rings is 2. The van der Waals surface area contributed by atoms with Crippen molar-refractivity contribution in [1.29, 1.82) is 0 Å². The number of rotatable bonds is 2. The Kier molecular flexibility index (Phi) is 3.56. The summed E-state index contributed by atoms with van der Waals surface area (Å²) in [4.78, 5) is 4.88. The third kappa shape index (κ3) is 2.49. The van der Waals surface area contributed by atoms with Gasteiger partial charge in [0, 0.05) is 34.9 Å². The fourth-order valence-electron chi connectivity index (χ4n) is 3.09. The van der Waals surface area contributed by atoms with Crippen LogP contribution in [-0.2, 0) is 0 Å². The summed E-state index contributed by atoms with van der Waals surface area (Å²) in [6.07, 6.45) is 6.14. The topological polar surface area (TPSA) is 42.2 Å². The van der Waals surface area contributed by atoms with Gasteiger partial charge in [-0.25, -0.2) is 4.52 Å². The van der Waals surface area contributed by atoms with Gasteiger partial charge in [0.05, 0.1) is 17.4 Å². The van der Waals surface area contributed by atoms with Crippen molar-refractivity contribution in [3.8, 4) is 11.3 Å². The summed E-state index contributed by atoms with van der Waals surface area (Å²) in [5, 5.41) is 8.54. The third-order valence-corrected chi connectivity index (χ3v) is 4.48. The molecule has 1 atom stereocenters. The Balaban J connectivity index is 1.76. The van der Waals surface area contributed by atoms with E-state index >= 15 is 0 Å². The molecule has 112 valence electrons. The molecule has 4 rings (SSSR count). The van der Waals surface area contributed by atoms with E-state index in [1.165, 1.54) is 12.8 Å². The lowest BCUT2D eigenvalue weighted by Crippen LogP contribution is -2.28. The molecule has 1 aliphatic heterocycles. The molecular weight excluding hydrogens is 296 g/mol. The van der Waals surface area contributed by atoms with E-state index in [-0.39, 0.29) is 0 Å². The van der Waals surface area contributed by atoms with Crippen molar-refractivity contribution in [3.63, 3.8) is 0 Å². The summed E-state index contributed by atoms with van der Waals surface area (Å²) in [5.41, 5.74) is 4.12. The lowest BCUT2D eigenvalue weighted by atomic mass is 9.95. The van der Waals surface area contributed by atoms with Crippen LogP contribution in [0.4, 0.5) is 0 Å². The van der Waals surface area contributed by atoms with E-state index in [0.29, 0.717) is 10.9 Å². The fraction of sp³-hybridized carbons (Fsp3) is 0.294. The first-order chi connectivity index (χ1) is 10.8. The van der Waals surface area contributed by atoms with Crippen LogP contribution in [-0.4, -0.2) is 27.7 Å². The standard InChI is InChI=1S/C17H17ClN4/c18-13-6-8-22-17(9-13)14(11-20-22)16-5-1-4-15(21-16)12-3-2-7-19-10-12/h1,4-6,8-9,11-12,19H,2-3,7,10H2. The molecule has 3 aromatic heterocycles. The number of halogens is 1. The fourth-order valence-corrected chi connectivity index (χ4v) is 3.25. The highest BCUT2D eigenvalue weighted by atomic mass is 35.5. The molecule has 0 radical (unpaired) electrons. The van der Waals surface area contributed by atoms with Gasteiger partial charge in [0.25, 0.3) is 0 Å². The second-order valence-electron chi connectivity index (χ2n) is 5.72. The van der Waals surface area contributed by atoms with Gasteiger partial charge in [-0.05, 0) is 43.7 Å². The molecule has 1 N–H and O–H groups in total. The average Bonchev–Trinajstić information content (AvgIpc) is 2.99. The number of hydrogen-bond donors (Lipinski definition) is 1. The van der Waals surface area contributed by atoms with Gasteiger partial charge in [-0.2, -0.15) is 5.10 Å². The van der Waals surface area contributed by atoms with Crippen molar-refractivity contribution in [2.45, 2.75) is 18.8 Å². The molecule has 1 unspecified atom stereocenters. The van der Waals surface area contributed by atoms with Crippen LogP contribution in [0.3, 0.4) is 0 Å². The van der Waals surface area contributed by atoms with E-state index in [9.17, 15) is 0 Å². The van der Waals surface area contributed by atoms with E-state index in [1.807, 2.05) is 35.1 Å². The Bertz CT molecular complexity index is 805. The monoisotopic (exact) mass is 312 g/mol. The van der Waals surface area contributed by atoms with Crippen LogP contribution in [0.1, 0.15) is 24.5 Å². The summed E-state index contributed by atoms with van der Waals surface area (Å²) < 4.78 is 1.83. The minimum atomic E-state index is 0.499. The highest BCUT2D eigenvalue weighted by molar-refractivity contribution is 6.31. The van der Waals surface area contributed by atoms with Crippen molar-refractivity contribution in [2.75, 3.05) is 13.1 Å². The Labute approximate surface area is 134 Å². The summed E-state index contributed by atoms with van der Waals surface area (Å²) in [6, 6.07) is 10.0. The average molecular weight is 313 g/mol. The van der Waals surface area contributed by atoms with Gasteiger partial charge in [-0.3, -0.25) is 4.98 Å². The minimum absolute atomic E-state index is 0.499. The van der Waals surface area contributed by atoms with E-state index in [0.717, 1.165) is 35.6 Å². The molecule has 1 fully saturated rings. The van der Waals surface area contributed by atoms with Crippen LogP contribution < -0.4 is 5.32 Å². The minimum Gasteiger partial charge on any atom is -0.316 e. The Morgan fingerprint density at radius 2 is 2.23 bits per heavy atom. The zero-order valence-electron chi connectivity index (χ0n) is 12.2. The van der Waals surface area contributed by atoms with E-state index in [4.69, 9.17) is 16.6 Å². The first-order valence-electron chi connectivity index (χ1n) is 7.62. The molecule has 1 saturated heterocycles. The predicted molar refractivity (Wildman–Crippen MR) is 88.3 cm³/mol. The Morgan fingerprint density at radius 1 is 1.27 bits per heavy atom. The molecule has 0 spiro atoms. The van der Waals surface area contributed by atoms with Crippen molar-refractivity contribution in [3.05, 3.63) is 53.4 Å². The largest absolute Gasteiger partial charge is 0.316 e. The quantitative estimate of drug-likeness (QED) is 0.787. The molecule has 3 aromatic rings. The van der Waals surface area contributed by atoms with E-state index in [1.54, 1.807) is 0 Å². The Morgan fingerprint density at radius 3 is 3.09 bits per heavy atom. The third-order valence-electron chi connectivity index (χ3n) is 4.25. The molecule has 22 heavy (non-hydrogen) atoms. The lowest BCUT2D eigenvalue weighted by Gasteiger charge is -2.22. The molecule has 4 heterocycles. The summed E-state index contributed by atoms with van der Waals surface area (Å²) in [6.45, 7) is 2.12. The van der Waals surface area contributed by atoms with Gasteiger partial charge in [-0.1, -0.05) is 17.7 Å².